The first-order valence-electron chi connectivity index (χ1n) is 7.81. The van der Waals surface area contributed by atoms with Crippen molar-refractivity contribution in [3.8, 4) is 5.75 Å². The van der Waals surface area contributed by atoms with Crippen molar-refractivity contribution in [3.63, 3.8) is 0 Å². The van der Waals surface area contributed by atoms with Gasteiger partial charge >= 0.3 is 5.97 Å². The summed E-state index contributed by atoms with van der Waals surface area (Å²) in [5, 5.41) is 18.8. The van der Waals surface area contributed by atoms with Crippen LogP contribution in [0.4, 0.5) is 0 Å². The van der Waals surface area contributed by atoms with Gasteiger partial charge in [0.05, 0.1) is 5.56 Å². The first-order chi connectivity index (χ1) is 10.1. The lowest BCUT2D eigenvalue weighted by molar-refractivity contribution is -0.0694. The van der Waals surface area contributed by atoms with Gasteiger partial charge in [0.1, 0.15) is 5.75 Å². The number of hydrogen-bond donors (Lipinski definition) is 2. The van der Waals surface area contributed by atoms with E-state index in [0.717, 1.165) is 12.8 Å². The van der Waals surface area contributed by atoms with Crippen molar-refractivity contribution in [1.29, 1.82) is 0 Å². The van der Waals surface area contributed by atoms with E-state index in [1.165, 1.54) is 56.4 Å². The number of phenols is 1. The molecule has 0 heterocycles. The maximum atomic E-state index is 11.7. The SMILES string of the molecule is CCCCCCCCCC(O)OC(=O)c1ccc(O)cc1. The predicted molar refractivity (Wildman–Crippen MR) is 82.1 cm³/mol. The highest BCUT2D eigenvalue weighted by Gasteiger charge is 2.12. The Kier molecular flexibility index (Phi) is 8.51. The molecular formula is C17H26O4. The largest absolute Gasteiger partial charge is 0.508 e. The van der Waals surface area contributed by atoms with Gasteiger partial charge in [0, 0.05) is 6.42 Å². The van der Waals surface area contributed by atoms with Crippen LogP contribution in [0.2, 0.25) is 0 Å². The number of phenolic OH excluding ortho intramolecular Hbond substituents is 1. The number of aliphatic hydroxyl groups excluding tert-OH is 1. The van der Waals surface area contributed by atoms with E-state index >= 15 is 0 Å². The number of unbranched alkanes of at least 4 members (excludes halogenated alkanes) is 6. The average Bonchev–Trinajstić information content (AvgIpc) is 2.47. The second kappa shape index (κ2) is 10.2. The Labute approximate surface area is 126 Å². The van der Waals surface area contributed by atoms with Crippen molar-refractivity contribution >= 4 is 5.97 Å². The standard InChI is InChI=1S/C17H26O4/c1-2-3-4-5-6-7-8-9-16(19)21-17(20)14-10-12-15(18)13-11-14/h10-13,16,18-19H,2-9H2,1H3. The van der Waals surface area contributed by atoms with Crippen molar-refractivity contribution in [1.82, 2.24) is 0 Å². The minimum atomic E-state index is -1.05. The summed E-state index contributed by atoms with van der Waals surface area (Å²) < 4.78 is 4.96. The van der Waals surface area contributed by atoms with Gasteiger partial charge in [-0.15, -0.1) is 0 Å². The lowest BCUT2D eigenvalue weighted by Crippen LogP contribution is -2.17. The van der Waals surface area contributed by atoms with E-state index in [1.54, 1.807) is 0 Å². The van der Waals surface area contributed by atoms with Crippen LogP contribution in [0.3, 0.4) is 0 Å². The predicted octanol–water partition coefficient (Wildman–Crippen LogP) is 4.01. The Morgan fingerprint density at radius 1 is 1.05 bits per heavy atom. The van der Waals surface area contributed by atoms with Crippen molar-refractivity contribution in [3.05, 3.63) is 29.8 Å². The van der Waals surface area contributed by atoms with Gasteiger partial charge in [0.2, 0.25) is 6.29 Å². The molecule has 0 aromatic heterocycles. The second-order valence-electron chi connectivity index (χ2n) is 5.32. The quantitative estimate of drug-likeness (QED) is 0.389. The van der Waals surface area contributed by atoms with Crippen molar-refractivity contribution in [2.75, 3.05) is 0 Å². The summed E-state index contributed by atoms with van der Waals surface area (Å²) >= 11 is 0. The molecule has 1 rings (SSSR count). The number of aliphatic hydroxyl groups is 1. The Bertz CT molecular complexity index is 400. The molecule has 1 aromatic rings. The molecule has 0 fully saturated rings. The van der Waals surface area contributed by atoms with Crippen LogP contribution in [-0.4, -0.2) is 22.5 Å². The first kappa shape index (κ1) is 17.5. The van der Waals surface area contributed by atoms with E-state index in [4.69, 9.17) is 9.84 Å². The molecule has 0 saturated heterocycles. The fraction of sp³-hybridized carbons (Fsp3) is 0.588. The van der Waals surface area contributed by atoms with E-state index < -0.39 is 12.3 Å². The van der Waals surface area contributed by atoms with Crippen LogP contribution >= 0.6 is 0 Å². The normalized spacial score (nSPS) is 12.1. The molecule has 0 saturated carbocycles. The molecular weight excluding hydrogens is 268 g/mol. The maximum absolute atomic E-state index is 11.7. The summed E-state index contributed by atoms with van der Waals surface area (Å²) in [5.41, 5.74) is 0.325. The number of esters is 1. The molecule has 2 N–H and O–H groups in total. The fourth-order valence-electron chi connectivity index (χ4n) is 2.12. The second-order valence-corrected chi connectivity index (χ2v) is 5.32. The van der Waals surface area contributed by atoms with Gasteiger partial charge in [-0.2, -0.15) is 0 Å². The van der Waals surface area contributed by atoms with E-state index in [9.17, 15) is 9.90 Å². The van der Waals surface area contributed by atoms with Crippen LogP contribution in [0.1, 0.15) is 68.6 Å². The van der Waals surface area contributed by atoms with Gasteiger partial charge in [0.15, 0.2) is 0 Å². The van der Waals surface area contributed by atoms with Gasteiger partial charge < -0.3 is 14.9 Å². The van der Waals surface area contributed by atoms with Crippen LogP contribution in [0.5, 0.6) is 5.75 Å². The number of carbonyl (C=O) groups excluding carboxylic acids is 1. The lowest BCUT2D eigenvalue weighted by atomic mass is 10.1. The summed E-state index contributed by atoms with van der Waals surface area (Å²) in [6, 6.07) is 5.77. The molecule has 0 amide bonds. The van der Waals surface area contributed by atoms with Gasteiger partial charge in [-0.05, 0) is 30.7 Å². The molecule has 0 radical (unpaired) electrons. The topological polar surface area (TPSA) is 66.8 Å². The van der Waals surface area contributed by atoms with Crippen LogP contribution in [-0.2, 0) is 4.74 Å². The number of benzene rings is 1. The number of carbonyl (C=O) groups is 1. The van der Waals surface area contributed by atoms with Crippen LogP contribution in [0.15, 0.2) is 24.3 Å². The average molecular weight is 294 g/mol. The molecule has 0 aliphatic carbocycles. The Morgan fingerprint density at radius 3 is 2.24 bits per heavy atom. The molecule has 4 heteroatoms. The summed E-state index contributed by atoms with van der Waals surface area (Å²) in [5.74, 6) is -0.472. The summed E-state index contributed by atoms with van der Waals surface area (Å²) in [6.45, 7) is 2.19. The zero-order chi connectivity index (χ0) is 15.5. The van der Waals surface area contributed by atoms with Gasteiger partial charge in [0.25, 0.3) is 0 Å². The third-order valence-corrected chi connectivity index (χ3v) is 3.40. The van der Waals surface area contributed by atoms with Crippen molar-refractivity contribution in [2.45, 2.75) is 64.6 Å². The third kappa shape index (κ3) is 7.71. The van der Waals surface area contributed by atoms with E-state index in [2.05, 4.69) is 6.92 Å². The minimum Gasteiger partial charge on any atom is -0.508 e. The Morgan fingerprint density at radius 2 is 1.62 bits per heavy atom. The molecule has 0 bridgehead atoms. The highest BCUT2D eigenvalue weighted by Crippen LogP contribution is 2.13. The summed E-state index contributed by atoms with van der Waals surface area (Å²) in [4.78, 5) is 11.7. The van der Waals surface area contributed by atoms with Crippen LogP contribution in [0.25, 0.3) is 0 Å². The monoisotopic (exact) mass is 294 g/mol. The summed E-state index contributed by atoms with van der Waals surface area (Å²) in [7, 11) is 0. The molecule has 0 spiro atoms. The zero-order valence-electron chi connectivity index (χ0n) is 12.8. The molecule has 118 valence electrons. The maximum Gasteiger partial charge on any atom is 0.340 e. The summed E-state index contributed by atoms with van der Waals surface area (Å²) in [6.07, 6.45) is 7.52. The van der Waals surface area contributed by atoms with Gasteiger partial charge in [-0.25, -0.2) is 4.79 Å². The fourth-order valence-corrected chi connectivity index (χ4v) is 2.12. The first-order valence-corrected chi connectivity index (χ1v) is 7.81. The number of ether oxygens (including phenoxy) is 1. The van der Waals surface area contributed by atoms with E-state index in [0.29, 0.717) is 12.0 Å². The number of aromatic hydroxyl groups is 1. The molecule has 21 heavy (non-hydrogen) atoms. The Balaban J connectivity index is 2.14. The van der Waals surface area contributed by atoms with Crippen molar-refractivity contribution < 1.29 is 19.7 Å². The minimum absolute atomic E-state index is 0.0928. The Hall–Kier alpha value is -1.55. The molecule has 4 nitrogen and oxygen atoms in total. The van der Waals surface area contributed by atoms with Crippen LogP contribution < -0.4 is 0 Å². The van der Waals surface area contributed by atoms with Crippen molar-refractivity contribution in [2.24, 2.45) is 0 Å². The highest BCUT2D eigenvalue weighted by molar-refractivity contribution is 5.89. The number of hydrogen-bond acceptors (Lipinski definition) is 4. The molecule has 1 aromatic carbocycles. The lowest BCUT2D eigenvalue weighted by Gasteiger charge is -2.12. The molecule has 1 atom stereocenters. The van der Waals surface area contributed by atoms with Crippen LogP contribution in [0, 0.1) is 0 Å². The van der Waals surface area contributed by atoms with Gasteiger partial charge in [-0.1, -0.05) is 45.4 Å². The van der Waals surface area contributed by atoms with E-state index in [1.807, 2.05) is 0 Å². The molecule has 0 aliphatic rings. The number of rotatable bonds is 10. The van der Waals surface area contributed by atoms with Gasteiger partial charge in [-0.3, -0.25) is 0 Å². The third-order valence-electron chi connectivity index (χ3n) is 3.40. The molecule has 1 unspecified atom stereocenters. The zero-order valence-corrected chi connectivity index (χ0v) is 12.8. The smallest absolute Gasteiger partial charge is 0.340 e. The van der Waals surface area contributed by atoms with E-state index in [-0.39, 0.29) is 5.75 Å². The molecule has 0 aliphatic heterocycles. The highest BCUT2D eigenvalue weighted by atomic mass is 16.6.